The fourth-order valence-electron chi connectivity index (χ4n) is 4.73. The van der Waals surface area contributed by atoms with E-state index in [1.54, 1.807) is 4.57 Å². The molecule has 8 atom stereocenters. The molecule has 5 N–H and O–H groups in total. The molecule has 18 nitrogen and oxygen atoms in total. The van der Waals surface area contributed by atoms with E-state index in [2.05, 4.69) is 32.2 Å². The van der Waals surface area contributed by atoms with Crippen molar-refractivity contribution in [2.24, 2.45) is 0 Å². The molecule has 3 aromatic rings. The summed E-state index contributed by atoms with van der Waals surface area (Å²) in [7, 11) is -4.68. The van der Waals surface area contributed by atoms with Gasteiger partial charge in [0, 0.05) is 19.0 Å². The van der Waals surface area contributed by atoms with E-state index in [0.717, 1.165) is 4.57 Å². The van der Waals surface area contributed by atoms with Crippen molar-refractivity contribution in [2.45, 2.75) is 49.7 Å². The molecule has 6 rings (SSSR count). The summed E-state index contributed by atoms with van der Waals surface area (Å²) in [4.78, 5) is 38.8. The van der Waals surface area contributed by atoms with Gasteiger partial charge in [-0.05, 0) is 6.07 Å². The monoisotopic (exact) mass is 618 g/mol. The van der Waals surface area contributed by atoms with Crippen LogP contribution in [-0.4, -0.2) is 71.6 Å². The number of hydrogen-bond acceptors (Lipinski definition) is 15. The van der Waals surface area contributed by atoms with E-state index in [4.69, 9.17) is 39.0 Å². The van der Waals surface area contributed by atoms with Crippen LogP contribution in [0, 0.1) is 0 Å². The van der Waals surface area contributed by atoms with E-state index < -0.39 is 63.8 Å². The topological polar surface area (TPSA) is 240 Å². The number of thiol groups is 1. The quantitative estimate of drug-likeness (QED) is 0.229. The second-order valence-corrected chi connectivity index (χ2v) is 13.5. The number of ether oxygens (including phenoxy) is 2. The molecular formula is C19H24N8O10P2S. The van der Waals surface area contributed by atoms with Crippen LogP contribution in [0.25, 0.3) is 11.2 Å². The smallest absolute Gasteiger partial charge is 0.383 e. The van der Waals surface area contributed by atoms with Crippen LogP contribution in [0.5, 0.6) is 0 Å². The minimum atomic E-state index is -4.68. The van der Waals surface area contributed by atoms with Gasteiger partial charge in [-0.1, -0.05) is 12.2 Å². The Hall–Kier alpha value is -2.44. The number of aromatic nitrogens is 6. The van der Waals surface area contributed by atoms with Gasteiger partial charge in [-0.15, -0.1) is 0 Å². The van der Waals surface area contributed by atoms with Crippen molar-refractivity contribution in [3.05, 3.63) is 35.4 Å². The highest BCUT2D eigenvalue weighted by molar-refractivity contribution is 8.44. The third kappa shape index (κ3) is 5.54. The van der Waals surface area contributed by atoms with Crippen LogP contribution in [0.15, 0.2) is 29.7 Å². The van der Waals surface area contributed by atoms with Crippen molar-refractivity contribution in [1.82, 2.24) is 29.1 Å². The Morgan fingerprint density at radius 3 is 2.35 bits per heavy atom. The van der Waals surface area contributed by atoms with Crippen LogP contribution < -0.4 is 17.2 Å². The second kappa shape index (κ2) is 10.4. The maximum atomic E-state index is 13.2. The molecule has 216 valence electrons. The molecule has 3 fully saturated rings. The minimum absolute atomic E-state index is 0.00660. The lowest BCUT2D eigenvalue weighted by atomic mass is 10.2. The number of hydrogen-bond donors (Lipinski definition) is 4. The van der Waals surface area contributed by atoms with Crippen molar-refractivity contribution in [2.75, 3.05) is 24.7 Å². The molecule has 2 unspecified atom stereocenters. The Balaban J connectivity index is 1.23. The molecule has 0 bridgehead atoms. The number of phosphoric ester groups is 1. The zero-order valence-electron chi connectivity index (χ0n) is 20.4. The predicted octanol–water partition coefficient (Wildman–Crippen LogP) is 0.778. The summed E-state index contributed by atoms with van der Waals surface area (Å²) in [6.07, 6.45) is -1.66. The van der Waals surface area contributed by atoms with Gasteiger partial charge in [0.2, 0.25) is 0 Å². The standard InChI is InChI=1S/C19H24N8O10P2S/c20-13-1-2-26(19(28)25-13)14-4-10-11(34-14)5-32-38(29,30)36-9-3-15(35-12(9)6-33-39(31,40)37-10)27-8-24-16-17(21)22-7-23-18(16)27/h1-2,7-12,14-15H,3-6H2,(H,29,30)(H,31,40)(H2,20,25,28)(H2,21,22,23)/t9-,10-,11+,12+,14+,15+,39?/m0/s1. The number of rotatable bonds is 2. The summed E-state index contributed by atoms with van der Waals surface area (Å²) in [6.45, 7) is -4.93. The van der Waals surface area contributed by atoms with Gasteiger partial charge in [-0.2, -0.15) is 4.98 Å². The zero-order chi connectivity index (χ0) is 28.2. The Morgan fingerprint density at radius 1 is 0.950 bits per heavy atom. The molecule has 0 radical (unpaired) electrons. The van der Waals surface area contributed by atoms with E-state index in [9.17, 15) is 18.8 Å². The lowest BCUT2D eigenvalue weighted by molar-refractivity contribution is -0.0611. The molecule has 0 amide bonds. The Bertz CT molecular complexity index is 1590. The number of phosphoric acid groups is 1. The largest absolute Gasteiger partial charge is 0.472 e. The van der Waals surface area contributed by atoms with Crippen molar-refractivity contribution in [3.63, 3.8) is 0 Å². The van der Waals surface area contributed by atoms with Crippen LogP contribution in [0.2, 0.25) is 0 Å². The number of anilines is 2. The number of nitrogen functional groups attached to an aromatic ring is 2. The van der Waals surface area contributed by atoms with Gasteiger partial charge in [-0.3, -0.25) is 27.2 Å². The Labute approximate surface area is 230 Å². The lowest BCUT2D eigenvalue weighted by Gasteiger charge is -2.27. The minimum Gasteiger partial charge on any atom is -0.383 e. The van der Waals surface area contributed by atoms with E-state index >= 15 is 0 Å². The average Bonchev–Trinajstić information content (AvgIpc) is 3.58. The molecule has 0 aromatic carbocycles. The molecule has 0 saturated carbocycles. The number of fused-ring (bicyclic) bond motifs is 3. The normalized spacial score (nSPS) is 37.0. The van der Waals surface area contributed by atoms with Crippen LogP contribution in [0.4, 0.5) is 11.6 Å². The van der Waals surface area contributed by atoms with Crippen molar-refractivity contribution in [1.29, 1.82) is 0 Å². The molecule has 6 heterocycles. The van der Waals surface area contributed by atoms with Crippen LogP contribution in [0.3, 0.4) is 0 Å². The molecule has 3 aromatic heterocycles. The molecular weight excluding hydrogens is 594 g/mol. The number of nitrogens with zero attached hydrogens (tertiary/aromatic N) is 6. The first-order valence-corrected chi connectivity index (χ1v) is 16.1. The Kier molecular flexibility index (Phi) is 7.23. The summed E-state index contributed by atoms with van der Waals surface area (Å²) in [5, 5.41) is 0. The van der Waals surface area contributed by atoms with Crippen LogP contribution >= 0.6 is 26.9 Å². The van der Waals surface area contributed by atoms with Gasteiger partial charge < -0.3 is 25.8 Å². The maximum Gasteiger partial charge on any atom is 0.472 e. The molecule has 3 aliphatic heterocycles. The first-order chi connectivity index (χ1) is 19.0. The molecule has 3 aliphatic rings. The number of nitrogens with two attached hydrogens (primary N) is 2. The third-order valence-corrected chi connectivity index (χ3v) is 9.22. The average molecular weight is 618 g/mol. The predicted molar refractivity (Wildman–Crippen MR) is 138 cm³/mol. The molecule has 3 saturated heterocycles. The summed E-state index contributed by atoms with van der Waals surface area (Å²) < 4.78 is 62.6. The molecule has 40 heavy (non-hydrogen) atoms. The SMILES string of the molecule is Nc1ccn([C@H]2C[C@@H]3OP(=O)(S)OC[C@H]4O[C@@H](n5cnc6c(N)ncnc65)C[C@@H]4OP(=O)(O)OC[C@H]3O2)c(=O)n1. The molecule has 0 spiro atoms. The van der Waals surface area contributed by atoms with E-state index in [-0.39, 0.29) is 31.1 Å². The summed E-state index contributed by atoms with van der Waals surface area (Å²) in [5.74, 6) is 0.187. The highest BCUT2D eigenvalue weighted by Crippen LogP contribution is 2.58. The van der Waals surface area contributed by atoms with Gasteiger partial charge in [0.1, 0.15) is 54.5 Å². The van der Waals surface area contributed by atoms with Crippen molar-refractivity contribution in [3.8, 4) is 0 Å². The zero-order valence-corrected chi connectivity index (χ0v) is 23.1. The fraction of sp³-hybridized carbons (Fsp3) is 0.526. The van der Waals surface area contributed by atoms with Crippen LogP contribution in [0.1, 0.15) is 25.3 Å². The van der Waals surface area contributed by atoms with Gasteiger partial charge in [0.05, 0.1) is 19.5 Å². The first-order valence-electron chi connectivity index (χ1n) is 11.9. The van der Waals surface area contributed by atoms with Crippen molar-refractivity contribution >= 4 is 49.7 Å². The lowest BCUT2D eigenvalue weighted by Crippen LogP contribution is -2.32. The summed E-state index contributed by atoms with van der Waals surface area (Å²) >= 11 is 4.09. The first kappa shape index (κ1) is 27.7. The second-order valence-electron chi connectivity index (χ2n) is 9.17. The van der Waals surface area contributed by atoms with E-state index in [1.807, 2.05) is 0 Å². The van der Waals surface area contributed by atoms with Gasteiger partial charge in [-0.25, -0.2) is 28.9 Å². The fourth-order valence-corrected chi connectivity index (χ4v) is 7.21. The highest BCUT2D eigenvalue weighted by atomic mass is 32.7. The molecule has 21 heteroatoms. The molecule has 0 aliphatic carbocycles. The van der Waals surface area contributed by atoms with Crippen molar-refractivity contribution < 1.29 is 41.6 Å². The van der Waals surface area contributed by atoms with Crippen LogP contribution in [-0.2, 0) is 36.7 Å². The summed E-state index contributed by atoms with van der Waals surface area (Å²) in [5.41, 5.74) is 11.4. The van der Waals surface area contributed by atoms with Gasteiger partial charge in [0.15, 0.2) is 11.5 Å². The maximum absolute atomic E-state index is 13.2. The van der Waals surface area contributed by atoms with Gasteiger partial charge in [0.25, 0.3) is 0 Å². The third-order valence-electron chi connectivity index (χ3n) is 6.56. The van der Waals surface area contributed by atoms with Gasteiger partial charge >= 0.3 is 20.3 Å². The van der Waals surface area contributed by atoms with E-state index in [1.165, 1.54) is 24.9 Å². The number of imidazole rings is 1. The summed E-state index contributed by atoms with van der Waals surface area (Å²) in [6, 6.07) is 1.40. The Morgan fingerprint density at radius 2 is 1.62 bits per heavy atom. The highest BCUT2D eigenvalue weighted by Gasteiger charge is 2.47. The van der Waals surface area contributed by atoms with E-state index in [0.29, 0.717) is 11.2 Å².